The van der Waals surface area contributed by atoms with Crippen LogP contribution in [0.15, 0.2) is 23.1 Å². The fraction of sp³-hybridized carbons (Fsp3) is 0.364. The van der Waals surface area contributed by atoms with Crippen LogP contribution in [0.4, 0.5) is 5.69 Å². The molecule has 2 rings (SSSR count). The summed E-state index contributed by atoms with van der Waals surface area (Å²) < 4.78 is 16.8. The zero-order valence-corrected chi connectivity index (χ0v) is 10.0. The second-order valence-electron chi connectivity index (χ2n) is 3.63. The van der Waals surface area contributed by atoms with Crippen LogP contribution in [0.25, 0.3) is 0 Å². The number of hydrogen-bond acceptors (Lipinski definition) is 3. The molecular weight excluding hydrogens is 226 g/mol. The Labute approximate surface area is 97.4 Å². The molecule has 1 unspecified atom stereocenters. The molecule has 0 fully saturated rings. The fourth-order valence-corrected chi connectivity index (χ4v) is 2.15. The van der Waals surface area contributed by atoms with Gasteiger partial charge in [0.1, 0.15) is 12.0 Å². The van der Waals surface area contributed by atoms with Gasteiger partial charge < -0.3 is 14.2 Å². The van der Waals surface area contributed by atoms with Gasteiger partial charge in [-0.1, -0.05) is 0 Å². The van der Waals surface area contributed by atoms with Crippen molar-refractivity contribution in [2.24, 2.45) is 0 Å². The van der Waals surface area contributed by atoms with Gasteiger partial charge >= 0.3 is 0 Å². The second kappa shape index (κ2) is 4.35. The van der Waals surface area contributed by atoms with E-state index in [2.05, 4.69) is 0 Å². The smallest absolute Gasteiger partial charge is 0.230 e. The number of carbonyl (C=O) groups is 1. The third-order valence-electron chi connectivity index (χ3n) is 2.57. The normalized spacial score (nSPS) is 17.4. The van der Waals surface area contributed by atoms with Crippen LogP contribution in [-0.2, 0) is 16.0 Å². The molecule has 1 aromatic carbocycles. The monoisotopic (exact) mass is 239 g/mol. The second-order valence-corrected chi connectivity index (χ2v) is 5.01. The summed E-state index contributed by atoms with van der Waals surface area (Å²) in [6.45, 7) is 0.394. The Kier molecular flexibility index (Phi) is 3.07. The molecule has 0 bridgehead atoms. The van der Waals surface area contributed by atoms with E-state index in [1.54, 1.807) is 36.4 Å². The lowest BCUT2D eigenvalue weighted by atomic mass is 10.2. The Morgan fingerprint density at radius 1 is 1.50 bits per heavy atom. The standard InChI is InChI=1S/C11H13NO3S/c1-12-9-7-8(16(2)14)3-4-10(9)15-6-5-11(12)13/h3-4,7H,5-6H2,1-2H3. The van der Waals surface area contributed by atoms with E-state index in [0.29, 0.717) is 29.4 Å². The topological polar surface area (TPSA) is 52.6 Å². The number of ether oxygens (including phenoxy) is 1. The highest BCUT2D eigenvalue weighted by molar-refractivity contribution is 7.90. The predicted molar refractivity (Wildman–Crippen MR) is 62.3 cm³/mol. The van der Waals surface area contributed by atoms with E-state index in [0.717, 1.165) is 0 Å². The maximum atomic E-state index is 11.6. The number of fused-ring (bicyclic) bond motifs is 1. The number of hydrogen-bond donors (Lipinski definition) is 0. The first-order chi connectivity index (χ1) is 7.59. The Morgan fingerprint density at radius 3 is 2.94 bits per heavy atom. The molecule has 86 valence electrons. The molecule has 0 spiro atoms. The fourth-order valence-electron chi connectivity index (χ4n) is 1.61. The SMILES string of the molecule is CN1C(=O)CCOc2ccc([S+](C)[O-])cc21. The summed E-state index contributed by atoms with van der Waals surface area (Å²) in [6.07, 6.45) is 1.98. The van der Waals surface area contributed by atoms with Crippen molar-refractivity contribution in [1.29, 1.82) is 0 Å². The van der Waals surface area contributed by atoms with Gasteiger partial charge in [-0.15, -0.1) is 0 Å². The van der Waals surface area contributed by atoms with Gasteiger partial charge in [-0.3, -0.25) is 4.79 Å². The molecule has 16 heavy (non-hydrogen) atoms. The largest absolute Gasteiger partial charge is 0.612 e. The molecule has 0 saturated carbocycles. The molecule has 0 saturated heterocycles. The van der Waals surface area contributed by atoms with Crippen molar-refractivity contribution in [3.05, 3.63) is 18.2 Å². The van der Waals surface area contributed by atoms with Crippen molar-refractivity contribution in [3.8, 4) is 5.75 Å². The van der Waals surface area contributed by atoms with E-state index in [-0.39, 0.29) is 5.91 Å². The van der Waals surface area contributed by atoms with Crippen molar-refractivity contribution in [1.82, 2.24) is 0 Å². The van der Waals surface area contributed by atoms with Gasteiger partial charge in [-0.25, -0.2) is 0 Å². The Balaban J connectivity index is 2.46. The van der Waals surface area contributed by atoms with Crippen LogP contribution in [-0.4, -0.2) is 30.4 Å². The first-order valence-corrected chi connectivity index (χ1v) is 6.52. The van der Waals surface area contributed by atoms with Crippen LogP contribution >= 0.6 is 0 Å². The maximum absolute atomic E-state index is 11.6. The number of nitrogens with zero attached hydrogens (tertiary/aromatic N) is 1. The lowest BCUT2D eigenvalue weighted by molar-refractivity contribution is -0.118. The summed E-state index contributed by atoms with van der Waals surface area (Å²) >= 11 is -1.05. The van der Waals surface area contributed by atoms with Gasteiger partial charge in [0.25, 0.3) is 0 Å². The minimum Gasteiger partial charge on any atom is -0.612 e. The summed E-state index contributed by atoms with van der Waals surface area (Å²) in [6, 6.07) is 5.27. The first kappa shape index (κ1) is 11.3. The van der Waals surface area contributed by atoms with E-state index in [1.165, 1.54) is 0 Å². The van der Waals surface area contributed by atoms with E-state index in [9.17, 15) is 9.35 Å². The number of rotatable bonds is 1. The molecular formula is C11H13NO3S. The van der Waals surface area contributed by atoms with Crippen LogP contribution in [0.2, 0.25) is 0 Å². The minimum atomic E-state index is -1.05. The molecule has 0 N–H and O–H groups in total. The lowest BCUT2D eigenvalue weighted by Gasteiger charge is -2.17. The average Bonchev–Trinajstić information content (AvgIpc) is 2.40. The van der Waals surface area contributed by atoms with Gasteiger partial charge in [-0.2, -0.15) is 0 Å². The van der Waals surface area contributed by atoms with Crippen molar-refractivity contribution < 1.29 is 14.1 Å². The first-order valence-electron chi connectivity index (χ1n) is 4.96. The highest BCUT2D eigenvalue weighted by Gasteiger charge is 2.21. The van der Waals surface area contributed by atoms with Crippen LogP contribution in [0, 0.1) is 0 Å². The average molecular weight is 239 g/mol. The van der Waals surface area contributed by atoms with Crippen molar-refractivity contribution in [3.63, 3.8) is 0 Å². The Bertz CT molecular complexity index is 420. The molecule has 4 nitrogen and oxygen atoms in total. The van der Waals surface area contributed by atoms with Crippen LogP contribution in [0.5, 0.6) is 5.75 Å². The Morgan fingerprint density at radius 2 is 2.25 bits per heavy atom. The molecule has 1 aliphatic heterocycles. The molecule has 1 amide bonds. The molecule has 0 aromatic heterocycles. The van der Waals surface area contributed by atoms with Gasteiger partial charge in [-0.05, 0) is 23.3 Å². The Hall–Kier alpha value is -1.20. The highest BCUT2D eigenvalue weighted by Crippen LogP contribution is 2.32. The maximum Gasteiger partial charge on any atom is 0.230 e. The number of anilines is 1. The molecule has 5 heteroatoms. The van der Waals surface area contributed by atoms with Gasteiger partial charge in [0, 0.05) is 13.1 Å². The summed E-state index contributed by atoms with van der Waals surface area (Å²) in [5.74, 6) is 0.681. The number of amides is 1. The third kappa shape index (κ3) is 2.01. The molecule has 0 aliphatic carbocycles. The molecule has 1 aliphatic rings. The lowest BCUT2D eigenvalue weighted by Crippen LogP contribution is -2.25. The summed E-state index contributed by atoms with van der Waals surface area (Å²) in [5.41, 5.74) is 0.690. The van der Waals surface area contributed by atoms with Gasteiger partial charge in [0.05, 0.1) is 18.7 Å². The molecule has 1 aromatic rings. The zero-order valence-electron chi connectivity index (χ0n) is 9.23. The van der Waals surface area contributed by atoms with Crippen molar-refractivity contribution in [2.45, 2.75) is 11.3 Å². The summed E-state index contributed by atoms with van der Waals surface area (Å²) in [5, 5.41) is 0. The van der Waals surface area contributed by atoms with E-state index < -0.39 is 11.2 Å². The van der Waals surface area contributed by atoms with Crippen LogP contribution < -0.4 is 9.64 Å². The quantitative estimate of drug-likeness (QED) is 0.691. The molecule has 1 atom stereocenters. The van der Waals surface area contributed by atoms with Crippen LogP contribution in [0.3, 0.4) is 0 Å². The predicted octanol–water partition coefficient (Wildman–Crippen LogP) is 1.17. The van der Waals surface area contributed by atoms with Crippen molar-refractivity contribution in [2.75, 3.05) is 24.8 Å². The molecule has 0 radical (unpaired) electrons. The van der Waals surface area contributed by atoms with Gasteiger partial charge in [0.15, 0.2) is 4.90 Å². The van der Waals surface area contributed by atoms with Crippen LogP contribution in [0.1, 0.15) is 6.42 Å². The van der Waals surface area contributed by atoms with E-state index in [1.807, 2.05) is 0 Å². The minimum absolute atomic E-state index is 0.0118. The van der Waals surface area contributed by atoms with Gasteiger partial charge in [0.2, 0.25) is 5.91 Å². The van der Waals surface area contributed by atoms with E-state index >= 15 is 0 Å². The summed E-state index contributed by atoms with van der Waals surface area (Å²) in [7, 11) is 1.71. The molecule has 1 heterocycles. The summed E-state index contributed by atoms with van der Waals surface area (Å²) in [4.78, 5) is 13.9. The number of benzene rings is 1. The van der Waals surface area contributed by atoms with E-state index in [4.69, 9.17) is 4.74 Å². The highest BCUT2D eigenvalue weighted by atomic mass is 32.2. The zero-order chi connectivity index (χ0) is 11.7. The van der Waals surface area contributed by atoms with Crippen molar-refractivity contribution >= 4 is 22.8 Å². The number of carbonyl (C=O) groups excluding carboxylic acids is 1. The third-order valence-corrected chi connectivity index (χ3v) is 3.49.